The molecule has 0 amide bonds. The average molecular weight is 512 g/mol. The summed E-state index contributed by atoms with van der Waals surface area (Å²) < 4.78 is 17.9. The van der Waals surface area contributed by atoms with Crippen LogP contribution in [0.3, 0.4) is 0 Å². The summed E-state index contributed by atoms with van der Waals surface area (Å²) in [6.07, 6.45) is 1.47. The van der Waals surface area contributed by atoms with E-state index in [1.54, 1.807) is 0 Å². The number of benzene rings is 2. The van der Waals surface area contributed by atoms with Gasteiger partial charge >= 0.3 is 0 Å². The van der Waals surface area contributed by atoms with Gasteiger partial charge in [-0.15, -0.1) is 0 Å². The molecule has 3 unspecified atom stereocenters. The first-order valence-electron chi connectivity index (χ1n) is 13.4. The van der Waals surface area contributed by atoms with Crippen LogP contribution in [0.2, 0.25) is 0 Å². The second-order valence-corrected chi connectivity index (χ2v) is 11.9. The minimum atomic E-state index is -0.791. The van der Waals surface area contributed by atoms with Gasteiger partial charge in [0.1, 0.15) is 17.1 Å². The lowest BCUT2D eigenvalue weighted by Crippen LogP contribution is -2.48. The molecule has 0 spiro atoms. The van der Waals surface area contributed by atoms with Crippen LogP contribution in [-0.4, -0.2) is 47.3 Å². The third-order valence-electron chi connectivity index (χ3n) is 6.50. The van der Waals surface area contributed by atoms with Crippen LogP contribution in [0.25, 0.3) is 22.3 Å². The molecule has 6 nitrogen and oxygen atoms in total. The number of fused-ring (bicyclic) bond motifs is 1. The molecule has 0 aliphatic heterocycles. The topological polar surface area (TPSA) is 98.1 Å². The number of aliphatic hydroxyl groups is 2. The first-order valence-corrected chi connectivity index (χ1v) is 13.4. The van der Waals surface area contributed by atoms with E-state index >= 15 is 0 Å². The van der Waals surface area contributed by atoms with E-state index in [4.69, 9.17) is 19.6 Å². The molecule has 0 aliphatic rings. The van der Waals surface area contributed by atoms with Gasteiger partial charge in [-0.1, -0.05) is 51.1 Å². The zero-order valence-electron chi connectivity index (χ0n) is 23.1. The predicted molar refractivity (Wildman–Crippen MR) is 150 cm³/mol. The van der Waals surface area contributed by atoms with Gasteiger partial charge in [-0.3, -0.25) is 0 Å². The van der Waals surface area contributed by atoms with Crippen molar-refractivity contribution in [2.24, 2.45) is 11.1 Å². The van der Waals surface area contributed by atoms with E-state index in [1.807, 2.05) is 68.4 Å². The summed E-state index contributed by atoms with van der Waals surface area (Å²) in [7, 11) is 0. The second-order valence-electron chi connectivity index (χ2n) is 11.9. The fourth-order valence-electron chi connectivity index (χ4n) is 4.32. The third kappa shape index (κ3) is 9.46. The van der Waals surface area contributed by atoms with E-state index in [-0.39, 0.29) is 11.5 Å². The first kappa shape index (κ1) is 29.2. The number of aliphatic hydroxyl groups excluding tert-OH is 2. The number of furan rings is 1. The number of hydrogen-bond donors (Lipinski definition) is 3. The van der Waals surface area contributed by atoms with E-state index in [9.17, 15) is 10.2 Å². The fourth-order valence-corrected chi connectivity index (χ4v) is 4.32. The fraction of sp³-hybridized carbons (Fsp3) is 0.548. The van der Waals surface area contributed by atoms with Gasteiger partial charge in [0.2, 0.25) is 0 Å². The van der Waals surface area contributed by atoms with Crippen molar-refractivity contribution in [2.75, 3.05) is 13.2 Å². The molecule has 0 radical (unpaired) electrons. The Morgan fingerprint density at radius 1 is 0.865 bits per heavy atom. The Balaban J connectivity index is 1.37. The maximum Gasteiger partial charge on any atom is 0.138 e. The Bertz CT molecular complexity index is 1080. The molecule has 0 saturated heterocycles. The summed E-state index contributed by atoms with van der Waals surface area (Å²) in [5, 5.41) is 21.8. The van der Waals surface area contributed by atoms with Crippen molar-refractivity contribution < 1.29 is 24.1 Å². The maximum absolute atomic E-state index is 10.4. The summed E-state index contributed by atoms with van der Waals surface area (Å²) >= 11 is 0. The van der Waals surface area contributed by atoms with Crippen molar-refractivity contribution in [2.45, 2.75) is 90.6 Å². The Labute approximate surface area is 221 Å². The molecule has 0 bridgehead atoms. The zero-order valence-corrected chi connectivity index (χ0v) is 23.1. The zero-order chi connectivity index (χ0) is 27.1. The van der Waals surface area contributed by atoms with Gasteiger partial charge in [0.05, 0.1) is 24.9 Å². The van der Waals surface area contributed by atoms with Crippen LogP contribution in [0.4, 0.5) is 0 Å². The summed E-state index contributed by atoms with van der Waals surface area (Å²) in [4.78, 5) is 0. The van der Waals surface area contributed by atoms with Crippen LogP contribution in [0.1, 0.15) is 66.7 Å². The first-order chi connectivity index (χ1) is 17.4. The van der Waals surface area contributed by atoms with E-state index in [1.165, 1.54) is 0 Å². The van der Waals surface area contributed by atoms with Crippen molar-refractivity contribution in [3.05, 3.63) is 54.6 Å². The van der Waals surface area contributed by atoms with Crippen LogP contribution >= 0.6 is 0 Å². The van der Waals surface area contributed by atoms with Crippen molar-refractivity contribution >= 4 is 11.0 Å². The molecule has 0 fully saturated rings. The molecule has 6 heteroatoms. The largest absolute Gasteiger partial charge is 0.493 e. The summed E-state index contributed by atoms with van der Waals surface area (Å²) in [5.74, 6) is 1.55. The van der Waals surface area contributed by atoms with Crippen molar-refractivity contribution in [3.63, 3.8) is 0 Å². The molecule has 3 atom stereocenters. The van der Waals surface area contributed by atoms with Crippen LogP contribution in [0, 0.1) is 5.41 Å². The van der Waals surface area contributed by atoms with Crippen LogP contribution in [0.5, 0.6) is 5.75 Å². The second kappa shape index (κ2) is 12.9. The highest BCUT2D eigenvalue weighted by atomic mass is 16.5. The number of hydrogen-bond acceptors (Lipinski definition) is 6. The molecular weight excluding hydrogens is 466 g/mol. The molecule has 204 valence electrons. The Hall–Kier alpha value is -2.38. The molecular formula is C31H45NO5. The minimum Gasteiger partial charge on any atom is -0.493 e. The number of ether oxygens (including phenoxy) is 2. The number of rotatable bonds is 14. The van der Waals surface area contributed by atoms with E-state index in [0.29, 0.717) is 38.9 Å². The van der Waals surface area contributed by atoms with E-state index in [0.717, 1.165) is 34.5 Å². The lowest BCUT2D eigenvalue weighted by atomic mass is 9.82. The SMILES string of the molecule is CC(C)(C)CC(OCCCC(O)C(O)CCCOc1ccc2cc(-c3ccccc3)oc2c1)C(C)(C)N. The molecule has 3 aromatic rings. The highest BCUT2D eigenvalue weighted by Gasteiger charge is 2.30. The van der Waals surface area contributed by atoms with Gasteiger partial charge in [0.25, 0.3) is 0 Å². The van der Waals surface area contributed by atoms with Gasteiger partial charge in [0, 0.05) is 29.2 Å². The van der Waals surface area contributed by atoms with Gasteiger partial charge in [-0.2, -0.15) is 0 Å². The summed E-state index contributed by atoms with van der Waals surface area (Å²) in [5.41, 5.74) is 7.80. The van der Waals surface area contributed by atoms with Gasteiger partial charge < -0.3 is 29.8 Å². The predicted octanol–water partition coefficient (Wildman–Crippen LogP) is 6.32. The molecule has 0 saturated carbocycles. The standard InChI is InChI=1S/C31H45NO5/c1-30(2,3)21-29(31(4,5)32)36-18-10-14-26(34)25(33)13-9-17-35-24-16-15-23-19-27(37-28(23)20-24)22-11-7-6-8-12-22/h6-8,11-12,15-16,19-20,25-26,29,33-34H,9-10,13-14,17-18,21,32H2,1-5H3. The van der Waals surface area contributed by atoms with Gasteiger partial charge in [0.15, 0.2) is 0 Å². The normalized spacial score (nSPS) is 15.0. The molecule has 3 rings (SSSR count). The molecule has 1 heterocycles. The highest BCUT2D eigenvalue weighted by molar-refractivity contribution is 5.83. The molecule has 37 heavy (non-hydrogen) atoms. The molecule has 2 aromatic carbocycles. The van der Waals surface area contributed by atoms with Crippen molar-refractivity contribution in [1.29, 1.82) is 0 Å². The van der Waals surface area contributed by atoms with E-state index in [2.05, 4.69) is 20.8 Å². The smallest absolute Gasteiger partial charge is 0.138 e. The molecule has 4 N–H and O–H groups in total. The van der Waals surface area contributed by atoms with Gasteiger partial charge in [-0.05, 0) is 69.6 Å². The maximum atomic E-state index is 10.4. The average Bonchev–Trinajstić information content (AvgIpc) is 3.26. The molecule has 1 aromatic heterocycles. The monoisotopic (exact) mass is 511 g/mol. The lowest BCUT2D eigenvalue weighted by Gasteiger charge is -2.35. The third-order valence-corrected chi connectivity index (χ3v) is 6.50. The quantitative estimate of drug-likeness (QED) is 0.219. The summed E-state index contributed by atoms with van der Waals surface area (Å²) in [6.45, 7) is 11.5. The minimum absolute atomic E-state index is 0.0583. The number of nitrogens with two attached hydrogens (primary N) is 1. The van der Waals surface area contributed by atoms with Crippen molar-refractivity contribution in [1.82, 2.24) is 0 Å². The Morgan fingerprint density at radius 2 is 1.51 bits per heavy atom. The Kier molecular flexibility index (Phi) is 10.2. The summed E-state index contributed by atoms with van der Waals surface area (Å²) in [6, 6.07) is 17.8. The molecule has 0 aliphatic carbocycles. The van der Waals surface area contributed by atoms with Crippen LogP contribution in [-0.2, 0) is 4.74 Å². The highest BCUT2D eigenvalue weighted by Crippen LogP contribution is 2.30. The van der Waals surface area contributed by atoms with Crippen LogP contribution in [0.15, 0.2) is 59.0 Å². The van der Waals surface area contributed by atoms with Crippen LogP contribution < -0.4 is 10.5 Å². The van der Waals surface area contributed by atoms with E-state index < -0.39 is 17.7 Å². The lowest BCUT2D eigenvalue weighted by molar-refractivity contribution is -0.0290. The Morgan fingerprint density at radius 3 is 2.14 bits per heavy atom. The van der Waals surface area contributed by atoms with Gasteiger partial charge in [-0.25, -0.2) is 0 Å². The van der Waals surface area contributed by atoms with Crippen molar-refractivity contribution in [3.8, 4) is 17.1 Å².